The molecule has 6 heteroatoms. The molecule has 3 heterocycles. The fourth-order valence-electron chi connectivity index (χ4n) is 4.68. The molecular formula is C24H36N4OS. The zero-order valence-corrected chi connectivity index (χ0v) is 19.9. The summed E-state index contributed by atoms with van der Waals surface area (Å²) >= 11 is 1.89. The van der Waals surface area contributed by atoms with Gasteiger partial charge in [-0.15, -0.1) is 11.3 Å². The van der Waals surface area contributed by atoms with Crippen LogP contribution >= 0.6 is 11.3 Å². The first-order valence-corrected chi connectivity index (χ1v) is 12.6. The van der Waals surface area contributed by atoms with Crippen molar-refractivity contribution in [1.29, 1.82) is 0 Å². The van der Waals surface area contributed by atoms with Gasteiger partial charge >= 0.3 is 0 Å². The summed E-state index contributed by atoms with van der Waals surface area (Å²) in [5.74, 6) is 3.46. The van der Waals surface area contributed by atoms with Crippen molar-refractivity contribution in [2.45, 2.75) is 78.6 Å². The number of nitrogens with zero attached hydrogens (tertiary/aromatic N) is 4. The van der Waals surface area contributed by atoms with Crippen LogP contribution in [0.1, 0.15) is 82.0 Å². The number of unbranched alkanes of at least 4 members (excludes halogenated alkanes) is 2. The number of aryl methyl sites for hydroxylation is 1. The van der Waals surface area contributed by atoms with Gasteiger partial charge in [0, 0.05) is 43.4 Å². The second-order valence-corrected chi connectivity index (χ2v) is 10.5. The zero-order chi connectivity index (χ0) is 21.3. The number of carbonyl (C=O) groups excluding carboxylic acids is 1. The minimum absolute atomic E-state index is 0.313. The summed E-state index contributed by atoms with van der Waals surface area (Å²) in [4.78, 5) is 29.7. The number of hydrogen-bond donors (Lipinski definition) is 0. The molecule has 1 aliphatic carbocycles. The maximum absolute atomic E-state index is 12.5. The van der Waals surface area contributed by atoms with Gasteiger partial charge < -0.3 is 9.80 Å². The highest BCUT2D eigenvalue weighted by atomic mass is 32.1. The number of carbonyl (C=O) groups is 1. The van der Waals surface area contributed by atoms with Crippen LogP contribution in [0, 0.1) is 5.92 Å². The molecule has 1 atom stereocenters. The van der Waals surface area contributed by atoms with Gasteiger partial charge in [-0.05, 0) is 37.2 Å². The summed E-state index contributed by atoms with van der Waals surface area (Å²) in [6, 6.07) is 0. The minimum atomic E-state index is 0.313. The summed E-state index contributed by atoms with van der Waals surface area (Å²) in [5, 5.41) is 1.30. The van der Waals surface area contributed by atoms with Gasteiger partial charge in [0.25, 0.3) is 0 Å². The third kappa shape index (κ3) is 4.34. The highest BCUT2D eigenvalue weighted by Gasteiger charge is 2.28. The Bertz CT molecular complexity index is 898. The Balaban J connectivity index is 1.58. The Morgan fingerprint density at radius 2 is 1.93 bits per heavy atom. The van der Waals surface area contributed by atoms with Gasteiger partial charge in [0.05, 0.1) is 5.39 Å². The van der Waals surface area contributed by atoms with Crippen molar-refractivity contribution in [1.82, 2.24) is 14.9 Å². The van der Waals surface area contributed by atoms with E-state index in [1.54, 1.807) is 0 Å². The predicted octanol–water partition coefficient (Wildman–Crippen LogP) is 5.17. The molecule has 1 fully saturated rings. The van der Waals surface area contributed by atoms with Crippen LogP contribution in [0.3, 0.4) is 0 Å². The van der Waals surface area contributed by atoms with Crippen molar-refractivity contribution < 1.29 is 4.79 Å². The number of rotatable bonds is 6. The number of thiophene rings is 1. The Morgan fingerprint density at radius 1 is 1.17 bits per heavy atom. The molecule has 0 radical (unpaired) electrons. The van der Waals surface area contributed by atoms with Crippen molar-refractivity contribution in [3.63, 3.8) is 0 Å². The molecule has 0 aromatic carbocycles. The second-order valence-electron chi connectivity index (χ2n) is 9.42. The van der Waals surface area contributed by atoms with E-state index in [9.17, 15) is 4.79 Å². The van der Waals surface area contributed by atoms with Gasteiger partial charge in [0.1, 0.15) is 16.5 Å². The average molecular weight is 429 g/mol. The van der Waals surface area contributed by atoms with Gasteiger partial charge in [0.2, 0.25) is 5.91 Å². The molecule has 0 spiro atoms. The summed E-state index contributed by atoms with van der Waals surface area (Å²) in [6.07, 6.45) is 7.58. The van der Waals surface area contributed by atoms with Gasteiger partial charge in [-0.25, -0.2) is 9.97 Å². The molecule has 164 valence electrons. The summed E-state index contributed by atoms with van der Waals surface area (Å²) in [7, 11) is 0. The molecule has 2 aliphatic rings. The molecule has 5 nitrogen and oxygen atoms in total. The van der Waals surface area contributed by atoms with E-state index in [4.69, 9.17) is 9.97 Å². The van der Waals surface area contributed by atoms with E-state index in [-0.39, 0.29) is 0 Å². The highest BCUT2D eigenvalue weighted by Crippen LogP contribution is 2.41. The molecule has 0 bridgehead atoms. The number of anilines is 1. The first-order chi connectivity index (χ1) is 14.5. The quantitative estimate of drug-likeness (QED) is 0.596. The number of amides is 1. The zero-order valence-electron chi connectivity index (χ0n) is 19.0. The number of piperazine rings is 1. The lowest BCUT2D eigenvalue weighted by Crippen LogP contribution is -2.49. The molecule has 30 heavy (non-hydrogen) atoms. The maximum Gasteiger partial charge on any atom is 0.222 e. The van der Waals surface area contributed by atoms with E-state index in [0.717, 1.165) is 69.4 Å². The van der Waals surface area contributed by atoms with Gasteiger partial charge in [0.15, 0.2) is 0 Å². The molecule has 1 amide bonds. The SMILES string of the molecule is CCCCCC(=O)N1CCN(c2nc(C(C)C)nc3sc4c(c23)CC[C@H](C)C4)CC1. The monoisotopic (exact) mass is 428 g/mol. The van der Waals surface area contributed by atoms with E-state index in [1.165, 1.54) is 33.5 Å². The summed E-state index contributed by atoms with van der Waals surface area (Å²) in [6.45, 7) is 12.2. The van der Waals surface area contributed by atoms with Crippen molar-refractivity contribution in [3.05, 3.63) is 16.3 Å². The molecule has 1 aliphatic heterocycles. The fraction of sp³-hybridized carbons (Fsp3) is 0.708. The van der Waals surface area contributed by atoms with Crippen molar-refractivity contribution in [2.24, 2.45) is 5.92 Å². The summed E-state index contributed by atoms with van der Waals surface area (Å²) in [5.41, 5.74) is 1.50. The molecule has 0 saturated carbocycles. The first kappa shape index (κ1) is 21.5. The van der Waals surface area contributed by atoms with Crippen LogP contribution < -0.4 is 4.90 Å². The van der Waals surface area contributed by atoms with Crippen LogP contribution in [0.15, 0.2) is 0 Å². The molecule has 0 N–H and O–H groups in total. The van der Waals surface area contributed by atoms with E-state index < -0.39 is 0 Å². The highest BCUT2D eigenvalue weighted by molar-refractivity contribution is 7.19. The Hall–Kier alpha value is -1.69. The third-order valence-corrected chi connectivity index (χ3v) is 7.74. The predicted molar refractivity (Wildman–Crippen MR) is 126 cm³/mol. The standard InChI is InChI=1S/C24H36N4OS/c1-5-6-7-8-20(29)27-11-13-28(14-12-27)23-21-18-10-9-17(4)15-19(18)30-24(21)26-22(25-23)16(2)3/h16-17H,5-15H2,1-4H3/t17-/m0/s1. The number of hydrogen-bond acceptors (Lipinski definition) is 5. The Morgan fingerprint density at radius 3 is 2.63 bits per heavy atom. The van der Waals surface area contributed by atoms with Crippen molar-refractivity contribution >= 4 is 33.3 Å². The minimum Gasteiger partial charge on any atom is -0.352 e. The van der Waals surface area contributed by atoms with E-state index in [0.29, 0.717) is 18.2 Å². The normalized spacial score (nSPS) is 19.6. The van der Waals surface area contributed by atoms with E-state index >= 15 is 0 Å². The lowest BCUT2D eigenvalue weighted by Gasteiger charge is -2.36. The van der Waals surface area contributed by atoms with Crippen LogP contribution in [0.5, 0.6) is 0 Å². The number of aromatic nitrogens is 2. The molecular weight excluding hydrogens is 392 g/mol. The van der Waals surface area contributed by atoms with Crippen LogP contribution in [0.25, 0.3) is 10.2 Å². The Kier molecular flexibility index (Phi) is 6.61. The van der Waals surface area contributed by atoms with E-state index in [2.05, 4.69) is 37.5 Å². The Labute approximate surface area is 184 Å². The molecule has 1 saturated heterocycles. The van der Waals surface area contributed by atoms with Crippen molar-refractivity contribution in [3.8, 4) is 0 Å². The molecule has 2 aromatic heterocycles. The first-order valence-electron chi connectivity index (χ1n) is 11.8. The lowest BCUT2D eigenvalue weighted by atomic mass is 9.89. The fourth-order valence-corrected chi connectivity index (χ4v) is 6.06. The van der Waals surface area contributed by atoms with Crippen LogP contribution in [0.4, 0.5) is 5.82 Å². The molecule has 0 unspecified atom stereocenters. The van der Waals surface area contributed by atoms with Gasteiger partial charge in [-0.1, -0.05) is 40.5 Å². The smallest absolute Gasteiger partial charge is 0.222 e. The maximum atomic E-state index is 12.5. The summed E-state index contributed by atoms with van der Waals surface area (Å²) < 4.78 is 0. The average Bonchev–Trinajstić information content (AvgIpc) is 3.10. The molecule has 2 aromatic rings. The van der Waals surface area contributed by atoms with Gasteiger partial charge in [-0.3, -0.25) is 4.79 Å². The van der Waals surface area contributed by atoms with Crippen molar-refractivity contribution in [2.75, 3.05) is 31.1 Å². The second kappa shape index (κ2) is 9.21. The van der Waals surface area contributed by atoms with Gasteiger partial charge in [-0.2, -0.15) is 0 Å². The third-order valence-electron chi connectivity index (χ3n) is 6.60. The largest absolute Gasteiger partial charge is 0.352 e. The lowest BCUT2D eigenvalue weighted by molar-refractivity contribution is -0.131. The van der Waals surface area contributed by atoms with Crippen LogP contribution in [-0.4, -0.2) is 47.0 Å². The van der Waals surface area contributed by atoms with Crippen LogP contribution in [0.2, 0.25) is 0 Å². The topological polar surface area (TPSA) is 49.3 Å². The van der Waals surface area contributed by atoms with Crippen LogP contribution in [-0.2, 0) is 17.6 Å². The number of fused-ring (bicyclic) bond motifs is 3. The van der Waals surface area contributed by atoms with E-state index in [1.807, 2.05) is 11.3 Å². The molecule has 4 rings (SSSR count).